The molecule has 14 N–H and O–H groups in total. The molecule has 0 saturated carbocycles. The van der Waals surface area contributed by atoms with Gasteiger partial charge in [0, 0.05) is 35.8 Å². The molecule has 52 nitrogen and oxygen atoms in total. The number of aryl methyl sites for hydroxylation is 4. The molecule has 0 aliphatic carbocycles. The van der Waals surface area contributed by atoms with Crippen LogP contribution in [0.1, 0.15) is 33.4 Å². The van der Waals surface area contributed by atoms with E-state index in [2.05, 4.69) is 144 Å². The van der Waals surface area contributed by atoms with Gasteiger partial charge in [0.2, 0.25) is 35.7 Å². The third-order valence-electron chi connectivity index (χ3n) is 20.6. The zero-order valence-corrected chi connectivity index (χ0v) is 83.6. The molecule has 15 rings (SSSR count). The third kappa shape index (κ3) is 29.2. The second-order valence-electron chi connectivity index (χ2n) is 31.6. The lowest BCUT2D eigenvalue weighted by Crippen LogP contribution is -2.10. The molecule has 13 aromatic carbocycles. The molecule has 2 aromatic heterocycles. The highest BCUT2D eigenvalue weighted by molar-refractivity contribution is 7.87. The number of azo groups is 8. The Labute approximate surface area is 852 Å². The van der Waals surface area contributed by atoms with Crippen LogP contribution in [-0.4, -0.2) is 134 Å². The van der Waals surface area contributed by atoms with Crippen molar-refractivity contribution in [3.63, 3.8) is 0 Å². The fourth-order valence-corrected chi connectivity index (χ4v) is 17.7. The number of rotatable bonds is 38. The van der Waals surface area contributed by atoms with Gasteiger partial charge in [-0.15, -0.1) is 20.5 Å². The Morgan fingerprint density at radius 1 is 0.193 bits per heavy atom. The molecule has 0 aliphatic rings. The van der Waals surface area contributed by atoms with E-state index in [1.54, 1.807) is 100 Å². The van der Waals surface area contributed by atoms with Gasteiger partial charge in [-0.25, -0.2) is 0 Å². The van der Waals surface area contributed by atoms with Crippen LogP contribution < -0.4 is 31.9 Å². The lowest BCUT2D eigenvalue weighted by atomic mass is 10.1. The molecular formula is C90H74N28O24S8. The summed E-state index contributed by atoms with van der Waals surface area (Å²) in [5.74, 6) is 0.0289. The minimum Gasteiger partial charge on any atom is -0.350 e. The van der Waals surface area contributed by atoms with E-state index in [1.165, 1.54) is 97.1 Å². The van der Waals surface area contributed by atoms with Gasteiger partial charge in [-0.2, -0.15) is 159 Å². The number of benzene rings is 13. The van der Waals surface area contributed by atoms with Gasteiger partial charge < -0.3 is 31.9 Å². The SMILES string of the molecule is Cc1cc(Nc2nc(NCc3ccc(CNc4nc(Nc5ccc(N=Nc6ccc(N=Nc7ccc(S(=O)(=O)O)cc7)cc6S(=O)(=O)O)c(C)c5)nc(Nc5ccc(N=Nc6ccc(N=Nc7ccc(S(=O)(=O)O)cc7)cc6S(=O)(=O)O)c(C)c5)n4)cc3)nc(Nc3ccc(N=Nc4ccc(N=Nc5ccc(S(=O)(=O)O)cc5)cc4S(=O)(=O)O)c(C)c3)n2)ccc1N=Nc1ccc(N=Nc2ccc(S(=O)(=O)O)cc2)cc1S(=O)(=O)O. The first-order valence-corrected chi connectivity index (χ1v) is 54.1. The number of hydrogen-bond acceptors (Lipinski definition) is 44. The summed E-state index contributed by atoms with van der Waals surface area (Å²) in [6.07, 6.45) is 0. The summed E-state index contributed by atoms with van der Waals surface area (Å²) >= 11 is 0. The molecule has 0 aliphatic heterocycles. The smallest absolute Gasteiger partial charge is 0.296 e. The number of anilines is 10. The molecule has 0 saturated heterocycles. The Morgan fingerprint density at radius 3 is 0.553 bits per heavy atom. The highest BCUT2D eigenvalue weighted by Gasteiger charge is 2.25. The second-order valence-corrected chi connectivity index (χ2v) is 42.9. The average molecular weight is 2190 g/mol. The lowest BCUT2D eigenvalue weighted by molar-refractivity contribution is 0.481. The van der Waals surface area contributed by atoms with Crippen molar-refractivity contribution in [3.8, 4) is 0 Å². The zero-order chi connectivity index (χ0) is 107. The van der Waals surface area contributed by atoms with E-state index in [-0.39, 0.29) is 140 Å². The molecule has 0 spiro atoms. The number of nitrogens with one attached hydrogen (secondary N) is 6. The monoisotopic (exact) mass is 2190 g/mol. The van der Waals surface area contributed by atoms with Crippen molar-refractivity contribution in [1.29, 1.82) is 0 Å². The van der Waals surface area contributed by atoms with Crippen molar-refractivity contribution in [2.24, 2.45) is 81.8 Å². The second kappa shape index (κ2) is 44.6. The molecule has 0 radical (unpaired) electrons. The quantitative estimate of drug-likeness (QED) is 0.0126. The molecule has 766 valence electrons. The predicted octanol–water partition coefficient (Wildman–Crippen LogP) is 22.8. The van der Waals surface area contributed by atoms with Crippen LogP contribution in [0.3, 0.4) is 0 Å². The molecule has 0 bridgehead atoms. The summed E-state index contributed by atoms with van der Waals surface area (Å²) < 4.78 is 272. The molecule has 0 fully saturated rings. The Hall–Kier alpha value is -17.2. The Morgan fingerprint density at radius 2 is 0.367 bits per heavy atom. The first-order chi connectivity index (χ1) is 70.8. The van der Waals surface area contributed by atoms with Crippen molar-refractivity contribution >= 4 is 230 Å². The topological polar surface area (TPSA) is 782 Å². The van der Waals surface area contributed by atoms with Crippen LogP contribution in [0.4, 0.5) is 149 Å². The fraction of sp³-hybridized carbons (Fsp3) is 0.0667. The van der Waals surface area contributed by atoms with E-state index in [9.17, 15) is 104 Å². The normalized spacial score (nSPS) is 12.7. The van der Waals surface area contributed by atoms with Gasteiger partial charge in [0.25, 0.3) is 80.9 Å². The van der Waals surface area contributed by atoms with Crippen molar-refractivity contribution in [1.82, 2.24) is 29.9 Å². The van der Waals surface area contributed by atoms with E-state index in [1.807, 2.05) is 24.3 Å². The summed E-state index contributed by atoms with van der Waals surface area (Å²) in [6.45, 7) is 6.92. The first kappa shape index (κ1) is 107. The van der Waals surface area contributed by atoms with Gasteiger partial charge >= 0.3 is 0 Å². The molecule has 0 amide bonds. The summed E-state index contributed by atoms with van der Waals surface area (Å²) in [5, 5.41) is 84.6. The summed E-state index contributed by atoms with van der Waals surface area (Å²) in [5.41, 5.74) is 5.17. The minimum absolute atomic E-state index is 0.0116. The van der Waals surface area contributed by atoms with Gasteiger partial charge in [-0.1, -0.05) is 24.3 Å². The maximum atomic E-state index is 12.7. The van der Waals surface area contributed by atoms with Crippen molar-refractivity contribution in [3.05, 3.63) is 300 Å². The van der Waals surface area contributed by atoms with Crippen LogP contribution >= 0.6 is 0 Å². The Bertz CT molecular complexity index is 8110. The number of hydrogen-bond donors (Lipinski definition) is 14. The van der Waals surface area contributed by atoms with E-state index < -0.39 is 120 Å². The van der Waals surface area contributed by atoms with Crippen molar-refractivity contribution in [2.75, 3.05) is 31.9 Å². The minimum atomic E-state index is -4.96. The highest BCUT2D eigenvalue weighted by Crippen LogP contribution is 2.41. The third-order valence-corrected chi connectivity index (χ3v) is 27.6. The molecule has 150 heavy (non-hydrogen) atoms. The van der Waals surface area contributed by atoms with Crippen LogP contribution in [0.5, 0.6) is 0 Å². The zero-order valence-electron chi connectivity index (χ0n) is 77.0. The molecule has 0 atom stereocenters. The van der Waals surface area contributed by atoms with Gasteiger partial charge in [-0.05, 0) is 304 Å². The number of aromatic nitrogens is 6. The molecular weight excluding hydrogens is 2110 g/mol. The standard InChI is InChI=1S/C90H74N28O24S8/c1-51-41-61(17-33-73(51)111-115-77-37-21-65(45-81(77)147(131,132)133)107-103-57-9-25-69(26-10-57)143(119,120)121)93-87-97-85(98-88(101-87)94-62-18-34-74(52(2)42-62)112-116-78-38-22-66(46-82(78)148(134,135)136)108-104-58-11-27-70(28-12-58)144(122,123)124)91-49-55-5-7-56(8-6-55)50-92-86-99-89(95-63-19-35-75(53(3)43-63)113-117-79-39-23-67(47-83(79)149(137,138)139)109-105-59-13-29-71(30-14-59)145(125,126)127)102-90(100-86)96-64-20-36-76(54(4)44-64)114-118-80-40-24-68(48-84(80)150(140,141)142)110-106-60-15-31-72(32-16-60)146(128,129)130/h5-48H,49-50H2,1-4H3,(H,119,120,121)(H,122,123,124)(H,125,126,127)(H,128,129,130)(H,131,132,133)(H,134,135,136)(H,137,138,139)(H,140,141,142)(H3,91,93,94,97,98,101)(H3,92,95,96,99,100,102). The maximum Gasteiger partial charge on any atom is 0.296 e. The largest absolute Gasteiger partial charge is 0.350 e. The van der Waals surface area contributed by atoms with Crippen molar-refractivity contribution < 1.29 is 104 Å². The van der Waals surface area contributed by atoms with Crippen LogP contribution in [0.2, 0.25) is 0 Å². The number of nitrogens with zero attached hydrogens (tertiary/aromatic N) is 22. The Balaban J connectivity index is 0.676. The summed E-state index contributed by atoms with van der Waals surface area (Å²) in [6, 6.07) is 59.2. The van der Waals surface area contributed by atoms with Crippen LogP contribution in [-0.2, 0) is 94.0 Å². The summed E-state index contributed by atoms with van der Waals surface area (Å²) in [7, 11) is -37.8. The lowest BCUT2D eigenvalue weighted by Gasteiger charge is -2.13. The van der Waals surface area contributed by atoms with Gasteiger partial charge in [0.05, 0.1) is 87.8 Å². The molecule has 15 aromatic rings. The summed E-state index contributed by atoms with van der Waals surface area (Å²) in [4.78, 5) is 23.7. The highest BCUT2D eigenvalue weighted by atomic mass is 32.2. The molecule has 2 heterocycles. The van der Waals surface area contributed by atoms with Gasteiger partial charge in [0.1, 0.15) is 42.3 Å². The van der Waals surface area contributed by atoms with E-state index in [4.69, 9.17) is 0 Å². The maximum absolute atomic E-state index is 12.7. The van der Waals surface area contributed by atoms with Crippen LogP contribution in [0.15, 0.2) is 388 Å². The predicted molar refractivity (Wildman–Crippen MR) is 542 cm³/mol. The first-order valence-electron chi connectivity index (χ1n) is 42.5. The van der Waals surface area contributed by atoms with Gasteiger partial charge in [-0.3, -0.25) is 36.4 Å². The molecule has 0 unspecified atom stereocenters. The fourth-order valence-electron chi connectivity index (χ4n) is 13.2. The Kier molecular flexibility index (Phi) is 31.8. The average Bonchev–Trinajstić information content (AvgIpc) is 0.790. The van der Waals surface area contributed by atoms with Crippen LogP contribution in [0.25, 0.3) is 0 Å². The van der Waals surface area contributed by atoms with Crippen molar-refractivity contribution in [2.45, 2.75) is 79.9 Å². The van der Waals surface area contributed by atoms with E-state index in [0.717, 1.165) is 72.8 Å². The van der Waals surface area contributed by atoms with Crippen LogP contribution in [0, 0.1) is 27.7 Å². The molecule has 60 heteroatoms. The van der Waals surface area contributed by atoms with E-state index >= 15 is 0 Å². The van der Waals surface area contributed by atoms with Gasteiger partial charge in [0.15, 0.2) is 0 Å². The van der Waals surface area contributed by atoms with E-state index in [0.29, 0.717) is 56.1 Å².